The summed E-state index contributed by atoms with van der Waals surface area (Å²) in [6.45, 7) is 0. The van der Waals surface area contributed by atoms with Gasteiger partial charge in [-0.1, -0.05) is 5.21 Å². The number of aromatic nitrogens is 3. The van der Waals surface area contributed by atoms with E-state index in [1.807, 2.05) is 0 Å². The van der Waals surface area contributed by atoms with Crippen LogP contribution in [0, 0.1) is 0 Å². The molecule has 1 heterocycles. The minimum Gasteiger partial charge on any atom is -0.496 e. The summed E-state index contributed by atoms with van der Waals surface area (Å²) in [4.78, 5) is 11.1. The lowest BCUT2D eigenvalue weighted by Gasteiger charge is -2.04. The van der Waals surface area contributed by atoms with Crippen LogP contribution in [0.1, 0.15) is 10.4 Å². The Morgan fingerprint density at radius 3 is 2.87 bits per heavy atom. The third-order valence-electron chi connectivity index (χ3n) is 2.20. The van der Waals surface area contributed by atoms with Crippen LogP contribution in [0.5, 0.6) is 5.75 Å². The van der Waals surface area contributed by atoms with Crippen molar-refractivity contribution in [3.8, 4) is 5.75 Å². The van der Waals surface area contributed by atoms with Gasteiger partial charge in [0.25, 0.3) is 5.91 Å². The Morgan fingerprint density at radius 2 is 2.27 bits per heavy atom. The SMILES string of the molecule is COc1cc2c(cc1C(N)=O)nnn2C. The predicted octanol–water partition coefficient (Wildman–Crippen LogP) is 0.0758. The van der Waals surface area contributed by atoms with Gasteiger partial charge in [0.2, 0.25) is 0 Å². The molecule has 0 saturated carbocycles. The summed E-state index contributed by atoms with van der Waals surface area (Å²) in [6, 6.07) is 3.26. The maximum atomic E-state index is 11.1. The number of carbonyl (C=O) groups is 1. The van der Waals surface area contributed by atoms with E-state index >= 15 is 0 Å². The van der Waals surface area contributed by atoms with Gasteiger partial charge in [-0.3, -0.25) is 4.79 Å². The summed E-state index contributed by atoms with van der Waals surface area (Å²) < 4.78 is 6.67. The number of carbonyl (C=O) groups excluding carboxylic acids is 1. The van der Waals surface area contributed by atoms with Gasteiger partial charge in [-0.15, -0.1) is 5.10 Å². The molecule has 0 radical (unpaired) electrons. The fraction of sp³-hybridized carbons (Fsp3) is 0.222. The summed E-state index contributed by atoms with van der Waals surface area (Å²) in [5, 5.41) is 7.72. The highest BCUT2D eigenvalue weighted by molar-refractivity contribution is 5.99. The number of ether oxygens (including phenoxy) is 1. The van der Waals surface area contributed by atoms with Gasteiger partial charge in [0, 0.05) is 13.1 Å². The van der Waals surface area contributed by atoms with Crippen LogP contribution in [-0.2, 0) is 7.05 Å². The van der Waals surface area contributed by atoms with Crippen LogP contribution in [0.2, 0.25) is 0 Å². The first-order valence-electron chi connectivity index (χ1n) is 4.30. The molecule has 2 rings (SSSR count). The lowest BCUT2D eigenvalue weighted by atomic mass is 10.1. The molecule has 1 aromatic carbocycles. The Morgan fingerprint density at radius 1 is 1.53 bits per heavy atom. The van der Waals surface area contributed by atoms with E-state index in [4.69, 9.17) is 10.5 Å². The number of primary amides is 1. The molecular formula is C9H10N4O2. The summed E-state index contributed by atoms with van der Waals surface area (Å²) in [5.41, 5.74) is 6.93. The minimum atomic E-state index is -0.542. The minimum absolute atomic E-state index is 0.311. The fourth-order valence-corrected chi connectivity index (χ4v) is 1.42. The van der Waals surface area contributed by atoms with Gasteiger partial charge in [-0.25, -0.2) is 4.68 Å². The highest BCUT2D eigenvalue weighted by Gasteiger charge is 2.13. The van der Waals surface area contributed by atoms with Crippen molar-refractivity contribution in [1.29, 1.82) is 0 Å². The molecule has 1 amide bonds. The van der Waals surface area contributed by atoms with Crippen molar-refractivity contribution in [3.63, 3.8) is 0 Å². The lowest BCUT2D eigenvalue weighted by Crippen LogP contribution is -2.12. The predicted molar refractivity (Wildman–Crippen MR) is 53.6 cm³/mol. The van der Waals surface area contributed by atoms with Crippen LogP contribution in [0.25, 0.3) is 11.0 Å². The second-order valence-corrected chi connectivity index (χ2v) is 3.12. The number of amides is 1. The highest BCUT2D eigenvalue weighted by atomic mass is 16.5. The number of nitrogens with zero attached hydrogens (tertiary/aromatic N) is 3. The molecule has 2 aromatic rings. The topological polar surface area (TPSA) is 83.0 Å². The third kappa shape index (κ3) is 1.39. The molecule has 2 N–H and O–H groups in total. The van der Waals surface area contributed by atoms with Gasteiger partial charge in [-0.2, -0.15) is 0 Å². The van der Waals surface area contributed by atoms with Crippen molar-refractivity contribution >= 4 is 16.9 Å². The quantitative estimate of drug-likeness (QED) is 0.754. The van der Waals surface area contributed by atoms with Crippen molar-refractivity contribution < 1.29 is 9.53 Å². The van der Waals surface area contributed by atoms with E-state index in [1.54, 1.807) is 23.9 Å². The van der Waals surface area contributed by atoms with Crippen LogP contribution in [0.4, 0.5) is 0 Å². The van der Waals surface area contributed by atoms with E-state index in [-0.39, 0.29) is 0 Å². The fourth-order valence-electron chi connectivity index (χ4n) is 1.42. The molecule has 0 aliphatic rings. The third-order valence-corrected chi connectivity index (χ3v) is 2.20. The maximum Gasteiger partial charge on any atom is 0.252 e. The van der Waals surface area contributed by atoms with Gasteiger partial charge in [0.15, 0.2) is 0 Å². The summed E-state index contributed by atoms with van der Waals surface area (Å²) >= 11 is 0. The highest BCUT2D eigenvalue weighted by Crippen LogP contribution is 2.23. The molecule has 78 valence electrons. The second-order valence-electron chi connectivity index (χ2n) is 3.12. The molecule has 0 saturated heterocycles. The summed E-state index contributed by atoms with van der Waals surface area (Å²) in [5.74, 6) is -0.111. The first-order valence-corrected chi connectivity index (χ1v) is 4.30. The van der Waals surface area contributed by atoms with E-state index in [0.717, 1.165) is 5.52 Å². The van der Waals surface area contributed by atoms with Crippen LogP contribution < -0.4 is 10.5 Å². The zero-order valence-electron chi connectivity index (χ0n) is 8.39. The van der Waals surface area contributed by atoms with Crippen LogP contribution in [0.15, 0.2) is 12.1 Å². The molecule has 15 heavy (non-hydrogen) atoms. The Bertz CT molecular complexity index is 532. The first kappa shape index (κ1) is 9.45. The summed E-state index contributed by atoms with van der Waals surface area (Å²) in [7, 11) is 3.25. The molecule has 0 aliphatic heterocycles. The molecular weight excluding hydrogens is 196 g/mol. The van der Waals surface area contributed by atoms with E-state index < -0.39 is 5.91 Å². The number of methoxy groups -OCH3 is 1. The monoisotopic (exact) mass is 206 g/mol. The molecule has 0 unspecified atom stereocenters. The molecule has 6 heteroatoms. The molecule has 0 atom stereocenters. The van der Waals surface area contributed by atoms with Crippen molar-refractivity contribution in [1.82, 2.24) is 15.0 Å². The van der Waals surface area contributed by atoms with Gasteiger partial charge in [0.05, 0.1) is 18.2 Å². The first-order chi connectivity index (χ1) is 7.13. The van der Waals surface area contributed by atoms with Crippen molar-refractivity contribution in [2.45, 2.75) is 0 Å². The molecule has 0 bridgehead atoms. The number of fused-ring (bicyclic) bond motifs is 1. The Kier molecular flexibility index (Phi) is 2.03. The molecule has 0 fully saturated rings. The Balaban J connectivity index is 2.76. The van der Waals surface area contributed by atoms with Crippen LogP contribution in [-0.4, -0.2) is 28.0 Å². The molecule has 6 nitrogen and oxygen atoms in total. The number of nitrogens with two attached hydrogens (primary N) is 1. The van der Waals surface area contributed by atoms with Gasteiger partial charge >= 0.3 is 0 Å². The summed E-state index contributed by atoms with van der Waals surface area (Å²) in [6.07, 6.45) is 0. The lowest BCUT2D eigenvalue weighted by molar-refractivity contribution is 0.0997. The van der Waals surface area contributed by atoms with Crippen molar-refractivity contribution in [3.05, 3.63) is 17.7 Å². The van der Waals surface area contributed by atoms with E-state index in [0.29, 0.717) is 16.8 Å². The standard InChI is InChI=1S/C9H10N4O2/c1-13-7-4-8(15-2)5(9(10)14)3-6(7)11-12-13/h3-4H,1-2H3,(H2,10,14). The zero-order chi connectivity index (χ0) is 11.0. The number of aryl methyl sites for hydroxylation is 1. The maximum absolute atomic E-state index is 11.1. The molecule has 0 spiro atoms. The zero-order valence-corrected chi connectivity index (χ0v) is 8.39. The van der Waals surface area contributed by atoms with Gasteiger partial charge < -0.3 is 10.5 Å². The largest absolute Gasteiger partial charge is 0.496 e. The molecule has 1 aromatic heterocycles. The Labute approximate surface area is 85.6 Å². The smallest absolute Gasteiger partial charge is 0.252 e. The number of rotatable bonds is 2. The van der Waals surface area contributed by atoms with E-state index in [9.17, 15) is 4.79 Å². The van der Waals surface area contributed by atoms with Crippen molar-refractivity contribution in [2.24, 2.45) is 12.8 Å². The van der Waals surface area contributed by atoms with Crippen molar-refractivity contribution in [2.75, 3.05) is 7.11 Å². The van der Waals surface area contributed by atoms with Crippen LogP contribution >= 0.6 is 0 Å². The van der Waals surface area contributed by atoms with E-state index in [2.05, 4.69) is 10.3 Å². The Hall–Kier alpha value is -2.11. The number of hydrogen-bond acceptors (Lipinski definition) is 4. The van der Waals surface area contributed by atoms with E-state index in [1.165, 1.54) is 7.11 Å². The van der Waals surface area contributed by atoms with Gasteiger partial charge in [-0.05, 0) is 6.07 Å². The molecule has 0 aliphatic carbocycles. The average molecular weight is 206 g/mol. The second kappa shape index (κ2) is 3.23. The number of hydrogen-bond donors (Lipinski definition) is 1. The normalized spacial score (nSPS) is 10.5. The average Bonchev–Trinajstić information content (AvgIpc) is 2.58. The van der Waals surface area contributed by atoms with Gasteiger partial charge in [0.1, 0.15) is 11.3 Å². The number of benzene rings is 1. The van der Waals surface area contributed by atoms with Crippen LogP contribution in [0.3, 0.4) is 0 Å².